The van der Waals surface area contributed by atoms with E-state index in [0.29, 0.717) is 16.5 Å². The van der Waals surface area contributed by atoms with Crippen LogP contribution < -0.4 is 5.73 Å². The number of benzene rings is 1. The molecular weight excluding hydrogens is 222 g/mol. The maximum absolute atomic E-state index is 11.9. The molecule has 1 aromatic heterocycles. The van der Waals surface area contributed by atoms with Crippen molar-refractivity contribution >= 4 is 22.7 Å². The first-order chi connectivity index (χ1) is 8.09. The molecule has 0 amide bonds. The zero-order valence-corrected chi connectivity index (χ0v) is 8.92. The van der Waals surface area contributed by atoms with Crippen LogP contribution in [0.5, 0.6) is 0 Å². The number of aliphatic carboxylic acids is 1. The summed E-state index contributed by atoms with van der Waals surface area (Å²) in [6, 6.07) is 5.98. The van der Waals surface area contributed by atoms with Crippen molar-refractivity contribution in [3.05, 3.63) is 36.1 Å². The van der Waals surface area contributed by atoms with Gasteiger partial charge in [-0.25, -0.2) is 0 Å². The lowest BCUT2D eigenvalue weighted by Crippen LogP contribution is -2.32. The number of ketones is 1. The fourth-order valence-corrected chi connectivity index (χ4v) is 1.65. The van der Waals surface area contributed by atoms with E-state index in [1.807, 2.05) is 0 Å². The monoisotopic (exact) mass is 233 g/mol. The van der Waals surface area contributed by atoms with Crippen molar-refractivity contribution in [2.75, 3.05) is 0 Å². The molecule has 17 heavy (non-hydrogen) atoms. The highest BCUT2D eigenvalue weighted by atomic mass is 16.4. The van der Waals surface area contributed by atoms with Crippen LogP contribution in [0, 0.1) is 0 Å². The molecule has 0 radical (unpaired) electrons. The fraction of sp³-hybridized carbons (Fsp3) is 0.167. The lowest BCUT2D eigenvalue weighted by Gasteiger charge is -2.05. The Morgan fingerprint density at radius 3 is 2.76 bits per heavy atom. The molecule has 3 N–H and O–H groups in total. The number of furan rings is 1. The summed E-state index contributed by atoms with van der Waals surface area (Å²) >= 11 is 0. The number of carbonyl (C=O) groups is 2. The second-order valence-electron chi connectivity index (χ2n) is 3.71. The van der Waals surface area contributed by atoms with Gasteiger partial charge < -0.3 is 15.3 Å². The Labute approximate surface area is 96.8 Å². The minimum atomic E-state index is -1.10. The lowest BCUT2D eigenvalue weighted by atomic mass is 10.0. The smallest absolute Gasteiger partial charge is 0.305 e. The minimum Gasteiger partial charge on any atom is -0.481 e. The Morgan fingerprint density at radius 1 is 1.35 bits per heavy atom. The summed E-state index contributed by atoms with van der Waals surface area (Å²) < 4.78 is 5.20. The van der Waals surface area contributed by atoms with E-state index in [-0.39, 0.29) is 0 Å². The van der Waals surface area contributed by atoms with Crippen LogP contribution in [0.3, 0.4) is 0 Å². The molecule has 0 saturated carbocycles. The van der Waals surface area contributed by atoms with Crippen molar-refractivity contribution in [3.63, 3.8) is 0 Å². The first-order valence-electron chi connectivity index (χ1n) is 5.07. The Hall–Kier alpha value is -2.14. The molecule has 0 aliphatic rings. The minimum absolute atomic E-state index is 0.328. The first-order valence-corrected chi connectivity index (χ1v) is 5.07. The molecule has 0 saturated heterocycles. The van der Waals surface area contributed by atoms with Gasteiger partial charge in [-0.3, -0.25) is 9.59 Å². The number of Topliss-reactive ketones (excluding diaryl/α,β-unsaturated/α-hetero) is 1. The van der Waals surface area contributed by atoms with Gasteiger partial charge in [0.2, 0.25) is 0 Å². The number of nitrogens with two attached hydrogens (primary N) is 1. The molecule has 5 heteroatoms. The molecule has 2 rings (SSSR count). The topological polar surface area (TPSA) is 93.5 Å². The van der Waals surface area contributed by atoms with Crippen molar-refractivity contribution in [3.8, 4) is 0 Å². The summed E-state index contributed by atoms with van der Waals surface area (Å²) in [5.41, 5.74) is 6.44. The zero-order chi connectivity index (χ0) is 12.4. The van der Waals surface area contributed by atoms with E-state index in [4.69, 9.17) is 15.3 Å². The number of fused-ring (bicyclic) bond motifs is 1. The number of carboxylic acid groups (broad SMARTS) is 1. The van der Waals surface area contributed by atoms with Crippen LogP contribution in [0.2, 0.25) is 0 Å². The van der Waals surface area contributed by atoms with Gasteiger partial charge in [0.15, 0.2) is 5.78 Å². The van der Waals surface area contributed by atoms with Crippen LogP contribution in [-0.4, -0.2) is 22.9 Å². The van der Waals surface area contributed by atoms with Gasteiger partial charge in [-0.1, -0.05) is 18.2 Å². The van der Waals surface area contributed by atoms with Gasteiger partial charge >= 0.3 is 5.97 Å². The Balaban J connectivity index is 2.33. The van der Waals surface area contributed by atoms with Crippen molar-refractivity contribution in [1.29, 1.82) is 0 Å². The summed E-state index contributed by atoms with van der Waals surface area (Å²) in [7, 11) is 0. The highest BCUT2D eigenvalue weighted by Crippen LogP contribution is 2.22. The Bertz CT molecular complexity index is 573. The maximum Gasteiger partial charge on any atom is 0.305 e. The second-order valence-corrected chi connectivity index (χ2v) is 3.71. The predicted molar refractivity (Wildman–Crippen MR) is 60.8 cm³/mol. The molecular formula is C12H11NO4. The number of hydrogen-bond donors (Lipinski definition) is 2. The van der Waals surface area contributed by atoms with Gasteiger partial charge in [0.05, 0.1) is 18.0 Å². The summed E-state index contributed by atoms with van der Waals surface area (Å²) in [6.07, 6.45) is 0.924. The number of carboxylic acids is 1. The molecule has 0 bridgehead atoms. The fourth-order valence-electron chi connectivity index (χ4n) is 1.65. The van der Waals surface area contributed by atoms with Gasteiger partial charge in [0, 0.05) is 5.39 Å². The van der Waals surface area contributed by atoms with Crippen LogP contribution >= 0.6 is 0 Å². The highest BCUT2D eigenvalue weighted by Gasteiger charge is 2.22. The van der Waals surface area contributed by atoms with Crippen LogP contribution in [0.4, 0.5) is 0 Å². The number of rotatable bonds is 4. The van der Waals surface area contributed by atoms with Gasteiger partial charge in [-0.15, -0.1) is 0 Å². The van der Waals surface area contributed by atoms with Gasteiger partial charge in [0.1, 0.15) is 11.8 Å². The van der Waals surface area contributed by atoms with E-state index in [1.165, 1.54) is 6.26 Å². The van der Waals surface area contributed by atoms with E-state index in [0.717, 1.165) is 0 Å². The summed E-state index contributed by atoms with van der Waals surface area (Å²) in [5.74, 6) is -1.52. The third-order valence-electron chi connectivity index (χ3n) is 2.48. The molecule has 0 fully saturated rings. The molecule has 1 aromatic carbocycles. The lowest BCUT2D eigenvalue weighted by molar-refractivity contribution is -0.137. The number of para-hydroxylation sites is 1. The van der Waals surface area contributed by atoms with Crippen molar-refractivity contribution in [2.45, 2.75) is 12.5 Å². The van der Waals surface area contributed by atoms with Crippen LogP contribution in [-0.2, 0) is 4.79 Å². The third-order valence-corrected chi connectivity index (χ3v) is 2.48. The first kappa shape index (κ1) is 11.3. The predicted octanol–water partition coefficient (Wildman–Crippen LogP) is 1.42. The summed E-state index contributed by atoms with van der Waals surface area (Å²) in [5, 5.41) is 9.24. The van der Waals surface area contributed by atoms with Crippen LogP contribution in [0.25, 0.3) is 11.0 Å². The maximum atomic E-state index is 11.9. The van der Waals surface area contributed by atoms with E-state index in [9.17, 15) is 9.59 Å². The Kier molecular flexibility index (Phi) is 2.93. The molecule has 1 unspecified atom stereocenters. The average molecular weight is 233 g/mol. The molecule has 0 aliphatic heterocycles. The normalized spacial score (nSPS) is 12.5. The van der Waals surface area contributed by atoms with E-state index in [1.54, 1.807) is 24.3 Å². The molecule has 0 aliphatic carbocycles. The number of carbonyl (C=O) groups excluding carboxylic acids is 1. The van der Waals surface area contributed by atoms with Crippen LogP contribution in [0.1, 0.15) is 16.8 Å². The summed E-state index contributed by atoms with van der Waals surface area (Å²) in [6.45, 7) is 0. The average Bonchev–Trinajstić information content (AvgIpc) is 2.70. The SMILES string of the molecule is NC(CC(=O)O)C(=O)c1coc2ccccc12. The van der Waals surface area contributed by atoms with Crippen molar-refractivity contribution in [1.82, 2.24) is 0 Å². The zero-order valence-electron chi connectivity index (χ0n) is 8.92. The Morgan fingerprint density at radius 2 is 2.06 bits per heavy atom. The molecule has 88 valence electrons. The highest BCUT2D eigenvalue weighted by molar-refractivity contribution is 6.10. The van der Waals surface area contributed by atoms with Crippen molar-refractivity contribution < 1.29 is 19.1 Å². The number of hydrogen-bond acceptors (Lipinski definition) is 4. The molecule has 5 nitrogen and oxygen atoms in total. The van der Waals surface area contributed by atoms with Crippen LogP contribution in [0.15, 0.2) is 34.9 Å². The third kappa shape index (κ3) is 2.19. The second kappa shape index (κ2) is 4.39. The quantitative estimate of drug-likeness (QED) is 0.779. The van der Waals surface area contributed by atoms with Gasteiger partial charge in [-0.05, 0) is 6.07 Å². The largest absolute Gasteiger partial charge is 0.481 e. The van der Waals surface area contributed by atoms with E-state index >= 15 is 0 Å². The van der Waals surface area contributed by atoms with Gasteiger partial charge in [-0.2, -0.15) is 0 Å². The molecule has 2 aromatic rings. The molecule has 1 atom stereocenters. The van der Waals surface area contributed by atoms with Crippen molar-refractivity contribution in [2.24, 2.45) is 5.73 Å². The summed E-state index contributed by atoms with van der Waals surface area (Å²) in [4.78, 5) is 22.4. The van der Waals surface area contributed by atoms with E-state index in [2.05, 4.69) is 0 Å². The molecule has 0 spiro atoms. The standard InChI is InChI=1S/C12H11NO4/c13-9(5-11(14)15)12(16)8-6-17-10-4-2-1-3-7(8)10/h1-4,6,9H,5,13H2,(H,14,15). The van der Waals surface area contributed by atoms with E-state index < -0.39 is 24.2 Å². The van der Waals surface area contributed by atoms with Gasteiger partial charge in [0.25, 0.3) is 0 Å². The molecule has 1 heterocycles.